The minimum Gasteiger partial charge on any atom is -0.481 e. The summed E-state index contributed by atoms with van der Waals surface area (Å²) in [6.45, 7) is 0.582. The molecule has 0 bridgehead atoms. The zero-order valence-electron chi connectivity index (χ0n) is 9.52. The molecule has 90 valence electrons. The Kier molecular flexibility index (Phi) is 3.80. The van der Waals surface area contributed by atoms with Crippen molar-refractivity contribution in [3.05, 3.63) is 0 Å². The van der Waals surface area contributed by atoms with Gasteiger partial charge in [-0.2, -0.15) is 0 Å². The van der Waals surface area contributed by atoms with E-state index in [1.54, 1.807) is 0 Å². The number of aliphatic imine (C=N–C) groups is 1. The lowest BCUT2D eigenvalue weighted by atomic mass is 9.89. The highest BCUT2D eigenvalue weighted by Gasteiger charge is 2.27. The number of carboxylic acid groups (broad SMARTS) is 1. The molecular formula is C12H19NO3. The van der Waals surface area contributed by atoms with Gasteiger partial charge in [-0.3, -0.25) is 4.79 Å². The molecule has 1 heterocycles. The number of hydrogen-bond acceptors (Lipinski definition) is 3. The predicted octanol–water partition coefficient (Wildman–Crippen LogP) is 2.23. The van der Waals surface area contributed by atoms with Gasteiger partial charge in [0.15, 0.2) is 5.90 Å². The number of aliphatic carboxylic acids is 1. The third-order valence-corrected chi connectivity index (χ3v) is 3.38. The minimum atomic E-state index is -0.749. The lowest BCUT2D eigenvalue weighted by molar-refractivity contribution is -0.137. The van der Waals surface area contributed by atoms with Crippen molar-refractivity contribution in [1.82, 2.24) is 0 Å². The van der Waals surface area contributed by atoms with Crippen molar-refractivity contribution in [2.24, 2.45) is 10.9 Å². The highest BCUT2D eigenvalue weighted by molar-refractivity contribution is 5.80. The Morgan fingerprint density at radius 3 is 2.81 bits per heavy atom. The fourth-order valence-electron chi connectivity index (χ4n) is 2.45. The van der Waals surface area contributed by atoms with Crippen LogP contribution < -0.4 is 0 Å². The Hall–Kier alpha value is -1.06. The molecule has 0 spiro atoms. The van der Waals surface area contributed by atoms with Gasteiger partial charge in [0, 0.05) is 12.3 Å². The molecule has 0 amide bonds. The smallest absolute Gasteiger partial charge is 0.303 e. The summed E-state index contributed by atoms with van der Waals surface area (Å²) in [4.78, 5) is 15.0. The maximum atomic E-state index is 10.4. The molecule has 0 aromatic carbocycles. The summed E-state index contributed by atoms with van der Waals surface area (Å²) >= 11 is 0. The maximum Gasteiger partial charge on any atom is 0.303 e. The largest absolute Gasteiger partial charge is 0.481 e. The normalized spacial score (nSPS) is 26.2. The molecule has 1 atom stereocenters. The van der Waals surface area contributed by atoms with Crippen molar-refractivity contribution in [3.8, 4) is 0 Å². The summed E-state index contributed by atoms with van der Waals surface area (Å²) in [6.07, 6.45) is 7.03. The molecule has 1 aliphatic heterocycles. The zero-order valence-corrected chi connectivity index (χ0v) is 9.52. The van der Waals surface area contributed by atoms with E-state index < -0.39 is 5.97 Å². The van der Waals surface area contributed by atoms with Crippen molar-refractivity contribution in [1.29, 1.82) is 0 Å². The number of carboxylic acids is 1. The van der Waals surface area contributed by atoms with Crippen molar-refractivity contribution in [3.63, 3.8) is 0 Å². The Morgan fingerprint density at radius 2 is 2.12 bits per heavy atom. The third kappa shape index (κ3) is 2.97. The molecule has 0 aromatic rings. The fourth-order valence-corrected chi connectivity index (χ4v) is 2.45. The molecule has 1 saturated carbocycles. The average molecular weight is 225 g/mol. The van der Waals surface area contributed by atoms with Crippen LogP contribution in [0.3, 0.4) is 0 Å². The lowest BCUT2D eigenvalue weighted by Crippen LogP contribution is -2.17. The molecular weight excluding hydrogens is 206 g/mol. The van der Waals surface area contributed by atoms with Crippen molar-refractivity contribution < 1.29 is 14.6 Å². The van der Waals surface area contributed by atoms with Gasteiger partial charge in [-0.1, -0.05) is 19.3 Å². The van der Waals surface area contributed by atoms with E-state index in [1.165, 1.54) is 32.1 Å². The fraction of sp³-hybridized carbons (Fsp3) is 0.833. The van der Waals surface area contributed by atoms with Gasteiger partial charge >= 0.3 is 5.97 Å². The van der Waals surface area contributed by atoms with Crippen LogP contribution in [0, 0.1) is 5.92 Å². The summed E-state index contributed by atoms with van der Waals surface area (Å²) in [5, 5.41) is 8.60. The van der Waals surface area contributed by atoms with E-state index in [2.05, 4.69) is 4.99 Å². The zero-order chi connectivity index (χ0) is 11.4. The van der Waals surface area contributed by atoms with Gasteiger partial charge in [0.25, 0.3) is 0 Å². The highest BCUT2D eigenvalue weighted by Crippen LogP contribution is 2.28. The first kappa shape index (κ1) is 11.4. The molecule has 1 N–H and O–H groups in total. The SMILES string of the molecule is O=C(O)CCC1COC(C2CCCCC2)=N1. The maximum absolute atomic E-state index is 10.4. The van der Waals surface area contributed by atoms with Crippen LogP contribution in [0.25, 0.3) is 0 Å². The van der Waals surface area contributed by atoms with Gasteiger partial charge in [-0.25, -0.2) is 4.99 Å². The molecule has 4 nitrogen and oxygen atoms in total. The highest BCUT2D eigenvalue weighted by atomic mass is 16.5. The Bertz CT molecular complexity index is 282. The molecule has 0 saturated heterocycles. The Balaban J connectivity index is 1.82. The number of nitrogens with zero attached hydrogens (tertiary/aromatic N) is 1. The minimum absolute atomic E-state index is 0.0769. The summed E-state index contributed by atoms with van der Waals surface area (Å²) in [5.74, 6) is 0.653. The topological polar surface area (TPSA) is 58.9 Å². The molecule has 4 heteroatoms. The van der Waals surface area contributed by atoms with Crippen molar-refractivity contribution in [2.45, 2.75) is 51.0 Å². The van der Waals surface area contributed by atoms with E-state index >= 15 is 0 Å². The predicted molar refractivity (Wildman–Crippen MR) is 60.6 cm³/mol. The second kappa shape index (κ2) is 5.32. The van der Waals surface area contributed by atoms with Crippen LogP contribution >= 0.6 is 0 Å². The van der Waals surface area contributed by atoms with Crippen LogP contribution in [0.2, 0.25) is 0 Å². The van der Waals surface area contributed by atoms with Crippen LogP contribution in [0.15, 0.2) is 4.99 Å². The lowest BCUT2D eigenvalue weighted by Gasteiger charge is -2.20. The van der Waals surface area contributed by atoms with E-state index in [1.807, 2.05) is 0 Å². The van der Waals surface area contributed by atoms with Crippen molar-refractivity contribution in [2.75, 3.05) is 6.61 Å². The van der Waals surface area contributed by atoms with E-state index in [9.17, 15) is 4.79 Å². The molecule has 1 unspecified atom stereocenters. The molecule has 2 rings (SSSR count). The second-order valence-corrected chi connectivity index (χ2v) is 4.70. The number of ether oxygens (including phenoxy) is 1. The van der Waals surface area contributed by atoms with Crippen LogP contribution in [-0.2, 0) is 9.53 Å². The van der Waals surface area contributed by atoms with Gasteiger partial charge in [0.05, 0.1) is 6.04 Å². The van der Waals surface area contributed by atoms with Gasteiger partial charge < -0.3 is 9.84 Å². The average Bonchev–Trinajstić information content (AvgIpc) is 2.76. The molecule has 0 radical (unpaired) electrons. The monoisotopic (exact) mass is 225 g/mol. The quantitative estimate of drug-likeness (QED) is 0.798. The molecule has 0 aromatic heterocycles. The Labute approximate surface area is 95.7 Å². The second-order valence-electron chi connectivity index (χ2n) is 4.70. The third-order valence-electron chi connectivity index (χ3n) is 3.38. The summed E-state index contributed by atoms with van der Waals surface area (Å²) in [7, 11) is 0. The first-order valence-electron chi connectivity index (χ1n) is 6.18. The van der Waals surface area contributed by atoms with Crippen molar-refractivity contribution >= 4 is 11.9 Å². The summed E-state index contributed by atoms with van der Waals surface area (Å²) in [6, 6.07) is 0.0769. The molecule has 1 fully saturated rings. The van der Waals surface area contributed by atoms with E-state index in [-0.39, 0.29) is 12.5 Å². The van der Waals surface area contributed by atoms with Crippen LogP contribution in [0.1, 0.15) is 44.9 Å². The molecule has 1 aliphatic carbocycles. The molecule has 2 aliphatic rings. The van der Waals surface area contributed by atoms with E-state index in [4.69, 9.17) is 9.84 Å². The van der Waals surface area contributed by atoms with Gasteiger partial charge in [0.2, 0.25) is 0 Å². The van der Waals surface area contributed by atoms with E-state index in [0.717, 1.165) is 5.90 Å². The number of hydrogen-bond donors (Lipinski definition) is 1. The van der Waals surface area contributed by atoms with Gasteiger partial charge in [-0.15, -0.1) is 0 Å². The summed E-state index contributed by atoms with van der Waals surface area (Å²) < 4.78 is 5.59. The molecule has 16 heavy (non-hydrogen) atoms. The number of carbonyl (C=O) groups is 1. The number of rotatable bonds is 4. The van der Waals surface area contributed by atoms with Crippen LogP contribution in [0.5, 0.6) is 0 Å². The van der Waals surface area contributed by atoms with E-state index in [0.29, 0.717) is 18.9 Å². The standard InChI is InChI=1S/C12H19NO3/c14-11(15)7-6-10-8-16-12(13-10)9-4-2-1-3-5-9/h9-10H,1-8H2,(H,14,15). The Morgan fingerprint density at radius 1 is 1.38 bits per heavy atom. The van der Waals surface area contributed by atoms with Crippen LogP contribution in [0.4, 0.5) is 0 Å². The summed E-state index contributed by atoms with van der Waals surface area (Å²) in [5.41, 5.74) is 0. The van der Waals surface area contributed by atoms with Crippen LogP contribution in [-0.4, -0.2) is 29.6 Å². The first-order valence-corrected chi connectivity index (χ1v) is 6.18. The van der Waals surface area contributed by atoms with Gasteiger partial charge in [-0.05, 0) is 19.3 Å². The first-order chi connectivity index (χ1) is 7.75. The van der Waals surface area contributed by atoms with Gasteiger partial charge in [0.1, 0.15) is 6.61 Å².